The second-order valence-corrected chi connectivity index (χ2v) is 3.84. The molecule has 3 aromatic heterocycles. The number of H-pyrrole nitrogens is 1. The van der Waals surface area contributed by atoms with Gasteiger partial charge in [-0.25, -0.2) is 9.97 Å². The standard InChI is InChI=1S/C12H10N4O/c1-8-10(2-3-11(17)15-8)9-6-14-12-13-4-5-16(12)7-9/h2-7H,1H3,(H,15,17). The number of nitrogens with one attached hydrogen (secondary N) is 1. The summed E-state index contributed by atoms with van der Waals surface area (Å²) >= 11 is 0. The molecule has 5 heteroatoms. The van der Waals surface area contributed by atoms with Gasteiger partial charge in [0.05, 0.1) is 0 Å². The lowest BCUT2D eigenvalue weighted by atomic mass is 10.1. The molecule has 5 nitrogen and oxygen atoms in total. The average molecular weight is 226 g/mol. The fourth-order valence-corrected chi connectivity index (χ4v) is 1.85. The predicted molar refractivity (Wildman–Crippen MR) is 63.8 cm³/mol. The van der Waals surface area contributed by atoms with Crippen molar-refractivity contribution < 1.29 is 0 Å². The third-order valence-corrected chi connectivity index (χ3v) is 2.67. The van der Waals surface area contributed by atoms with E-state index in [2.05, 4.69) is 15.0 Å². The van der Waals surface area contributed by atoms with Crippen molar-refractivity contribution >= 4 is 5.78 Å². The zero-order valence-corrected chi connectivity index (χ0v) is 9.21. The van der Waals surface area contributed by atoms with Crippen LogP contribution < -0.4 is 5.56 Å². The number of imidazole rings is 1. The Morgan fingerprint density at radius 1 is 1.29 bits per heavy atom. The van der Waals surface area contributed by atoms with E-state index in [-0.39, 0.29) is 5.56 Å². The quantitative estimate of drug-likeness (QED) is 0.682. The maximum Gasteiger partial charge on any atom is 0.248 e. The third kappa shape index (κ3) is 1.61. The summed E-state index contributed by atoms with van der Waals surface area (Å²) in [6, 6.07) is 3.31. The minimum atomic E-state index is -0.0945. The molecule has 0 atom stereocenters. The van der Waals surface area contributed by atoms with Crippen LogP contribution in [0.5, 0.6) is 0 Å². The van der Waals surface area contributed by atoms with Gasteiger partial charge < -0.3 is 4.98 Å². The fraction of sp³-hybridized carbons (Fsp3) is 0.0833. The summed E-state index contributed by atoms with van der Waals surface area (Å²) in [5.41, 5.74) is 2.65. The maximum atomic E-state index is 11.2. The first-order valence-corrected chi connectivity index (χ1v) is 5.23. The molecule has 84 valence electrons. The minimum absolute atomic E-state index is 0.0945. The molecule has 0 bridgehead atoms. The van der Waals surface area contributed by atoms with E-state index in [1.54, 1.807) is 18.5 Å². The Morgan fingerprint density at radius 3 is 3.00 bits per heavy atom. The van der Waals surface area contributed by atoms with Gasteiger partial charge in [0.25, 0.3) is 0 Å². The number of aromatic nitrogens is 4. The van der Waals surface area contributed by atoms with Gasteiger partial charge in [0.1, 0.15) is 0 Å². The van der Waals surface area contributed by atoms with Crippen molar-refractivity contribution in [2.45, 2.75) is 6.92 Å². The predicted octanol–water partition coefficient (Wildman–Crippen LogP) is 1.39. The van der Waals surface area contributed by atoms with Crippen LogP contribution in [0.3, 0.4) is 0 Å². The highest BCUT2D eigenvalue weighted by Gasteiger charge is 2.04. The minimum Gasteiger partial charge on any atom is -0.326 e. The Hall–Kier alpha value is -2.43. The number of pyridine rings is 1. The molecule has 0 amide bonds. The molecular formula is C12H10N4O. The molecule has 3 rings (SSSR count). The molecule has 0 aliphatic rings. The Labute approximate surface area is 96.8 Å². The number of fused-ring (bicyclic) bond motifs is 1. The van der Waals surface area contributed by atoms with Crippen LogP contribution in [-0.2, 0) is 0 Å². The highest BCUT2D eigenvalue weighted by atomic mass is 16.1. The lowest BCUT2D eigenvalue weighted by Gasteiger charge is -2.05. The summed E-state index contributed by atoms with van der Waals surface area (Å²) in [5, 5.41) is 0. The number of aryl methyl sites for hydroxylation is 1. The topological polar surface area (TPSA) is 63.0 Å². The van der Waals surface area contributed by atoms with Crippen LogP contribution in [0.15, 0.2) is 41.7 Å². The van der Waals surface area contributed by atoms with Crippen molar-refractivity contribution in [2.75, 3.05) is 0 Å². The highest BCUT2D eigenvalue weighted by Crippen LogP contribution is 2.19. The van der Waals surface area contributed by atoms with Crippen LogP contribution in [0, 0.1) is 6.92 Å². The van der Waals surface area contributed by atoms with E-state index in [9.17, 15) is 4.79 Å². The summed E-state index contributed by atoms with van der Waals surface area (Å²) in [7, 11) is 0. The average Bonchev–Trinajstić information content (AvgIpc) is 2.75. The van der Waals surface area contributed by atoms with Crippen LogP contribution in [-0.4, -0.2) is 19.4 Å². The summed E-state index contributed by atoms with van der Waals surface area (Å²) in [6.07, 6.45) is 7.23. The second-order valence-electron chi connectivity index (χ2n) is 3.84. The molecule has 17 heavy (non-hydrogen) atoms. The first-order chi connectivity index (χ1) is 8.24. The van der Waals surface area contributed by atoms with Gasteiger partial charge in [0.2, 0.25) is 11.3 Å². The summed E-state index contributed by atoms with van der Waals surface area (Å²) < 4.78 is 1.85. The van der Waals surface area contributed by atoms with Crippen LogP contribution in [0.2, 0.25) is 0 Å². The molecule has 0 aliphatic carbocycles. The lowest BCUT2D eigenvalue weighted by Crippen LogP contribution is -2.05. The van der Waals surface area contributed by atoms with Gasteiger partial charge in [-0.3, -0.25) is 9.20 Å². The highest BCUT2D eigenvalue weighted by molar-refractivity contribution is 5.64. The zero-order chi connectivity index (χ0) is 11.8. The number of hydrogen-bond donors (Lipinski definition) is 1. The normalized spacial score (nSPS) is 10.9. The van der Waals surface area contributed by atoms with E-state index in [0.717, 1.165) is 16.8 Å². The fourth-order valence-electron chi connectivity index (χ4n) is 1.85. The third-order valence-electron chi connectivity index (χ3n) is 2.67. The first-order valence-electron chi connectivity index (χ1n) is 5.23. The van der Waals surface area contributed by atoms with Gasteiger partial charge in [-0.2, -0.15) is 0 Å². The van der Waals surface area contributed by atoms with Gasteiger partial charge in [0.15, 0.2) is 0 Å². The molecule has 3 heterocycles. The summed E-state index contributed by atoms with van der Waals surface area (Å²) in [5.74, 6) is 0.663. The van der Waals surface area contributed by atoms with Gasteiger partial charge in [-0.15, -0.1) is 0 Å². The molecule has 0 aliphatic heterocycles. The van der Waals surface area contributed by atoms with Crippen molar-refractivity contribution in [3.63, 3.8) is 0 Å². The van der Waals surface area contributed by atoms with Crippen LogP contribution in [0.1, 0.15) is 5.69 Å². The van der Waals surface area contributed by atoms with Gasteiger partial charge in [-0.05, 0) is 13.0 Å². The van der Waals surface area contributed by atoms with Crippen LogP contribution in [0.4, 0.5) is 0 Å². The van der Waals surface area contributed by atoms with Crippen molar-refractivity contribution in [3.05, 3.63) is 53.0 Å². The van der Waals surface area contributed by atoms with E-state index in [4.69, 9.17) is 0 Å². The van der Waals surface area contributed by atoms with Crippen LogP contribution >= 0.6 is 0 Å². The molecule has 0 radical (unpaired) electrons. The molecule has 0 unspecified atom stereocenters. The molecule has 0 saturated heterocycles. The van der Waals surface area contributed by atoms with Crippen LogP contribution in [0.25, 0.3) is 16.9 Å². The second kappa shape index (κ2) is 3.55. The molecule has 0 aromatic carbocycles. The Morgan fingerprint density at radius 2 is 2.18 bits per heavy atom. The SMILES string of the molecule is Cc1[nH]c(=O)ccc1-c1cnc2nccn2c1. The van der Waals surface area contributed by atoms with Gasteiger partial charge >= 0.3 is 0 Å². The van der Waals surface area contributed by atoms with Gasteiger partial charge in [-0.1, -0.05) is 0 Å². The Balaban J connectivity index is 2.22. The van der Waals surface area contributed by atoms with Crippen molar-refractivity contribution in [3.8, 4) is 11.1 Å². The first kappa shape index (κ1) is 9.77. The van der Waals surface area contributed by atoms with E-state index in [1.165, 1.54) is 6.07 Å². The van der Waals surface area contributed by atoms with E-state index < -0.39 is 0 Å². The van der Waals surface area contributed by atoms with E-state index >= 15 is 0 Å². The molecular weight excluding hydrogens is 216 g/mol. The van der Waals surface area contributed by atoms with E-state index in [1.807, 2.05) is 23.7 Å². The molecule has 1 N–H and O–H groups in total. The molecule has 0 spiro atoms. The van der Waals surface area contributed by atoms with E-state index in [0.29, 0.717) is 5.78 Å². The number of nitrogens with zero attached hydrogens (tertiary/aromatic N) is 3. The Kier molecular flexibility index (Phi) is 2.04. The number of rotatable bonds is 1. The number of hydrogen-bond acceptors (Lipinski definition) is 3. The summed E-state index contributed by atoms with van der Waals surface area (Å²) in [4.78, 5) is 22.3. The molecule has 3 aromatic rings. The molecule has 0 saturated carbocycles. The van der Waals surface area contributed by atoms with Crippen molar-refractivity contribution in [1.82, 2.24) is 19.4 Å². The number of aromatic amines is 1. The largest absolute Gasteiger partial charge is 0.326 e. The summed E-state index contributed by atoms with van der Waals surface area (Å²) in [6.45, 7) is 1.87. The zero-order valence-electron chi connectivity index (χ0n) is 9.21. The monoisotopic (exact) mass is 226 g/mol. The Bertz CT molecular complexity index is 741. The smallest absolute Gasteiger partial charge is 0.248 e. The molecule has 0 fully saturated rings. The van der Waals surface area contributed by atoms with Gasteiger partial charge in [0, 0.05) is 47.7 Å². The van der Waals surface area contributed by atoms with Crippen molar-refractivity contribution in [2.24, 2.45) is 0 Å². The lowest BCUT2D eigenvalue weighted by molar-refractivity contribution is 1.10. The van der Waals surface area contributed by atoms with Crippen molar-refractivity contribution in [1.29, 1.82) is 0 Å². The maximum absolute atomic E-state index is 11.2.